The summed E-state index contributed by atoms with van der Waals surface area (Å²) in [5.41, 5.74) is 4.58. The van der Waals surface area contributed by atoms with Gasteiger partial charge in [0.05, 0.1) is 5.57 Å². The quantitative estimate of drug-likeness (QED) is 0.338. The standard InChI is InChI=1S/C28H27FN4O2/c29-20-5-4-6-22(15-20)31-23-11-12-24-25(16-23)26(28(35)32-27(24)34)17-30-21-9-7-19(8-10-21)18-33-13-2-1-3-14-33/h4-12,15-17,30-31H,1-3,13-14,18H2,(H,32,34,35)/b26-17-. The molecule has 1 saturated heterocycles. The fourth-order valence-electron chi connectivity index (χ4n) is 4.52. The Morgan fingerprint density at radius 3 is 2.34 bits per heavy atom. The molecule has 0 atom stereocenters. The molecule has 6 nitrogen and oxygen atoms in total. The van der Waals surface area contributed by atoms with Gasteiger partial charge in [0, 0.05) is 40.9 Å². The van der Waals surface area contributed by atoms with E-state index < -0.39 is 11.8 Å². The molecule has 1 fully saturated rings. The van der Waals surface area contributed by atoms with Crippen molar-refractivity contribution in [3.8, 4) is 0 Å². The van der Waals surface area contributed by atoms with Crippen LogP contribution in [-0.2, 0) is 11.3 Å². The zero-order valence-corrected chi connectivity index (χ0v) is 19.3. The Balaban J connectivity index is 1.34. The van der Waals surface area contributed by atoms with E-state index in [0.717, 1.165) is 25.3 Å². The summed E-state index contributed by atoms with van der Waals surface area (Å²) in [6.07, 6.45) is 5.46. The molecule has 0 bridgehead atoms. The van der Waals surface area contributed by atoms with Gasteiger partial charge in [0.1, 0.15) is 5.82 Å². The fraction of sp³-hybridized carbons (Fsp3) is 0.214. The van der Waals surface area contributed by atoms with E-state index in [9.17, 15) is 14.0 Å². The molecule has 7 heteroatoms. The maximum Gasteiger partial charge on any atom is 0.260 e. The van der Waals surface area contributed by atoms with Crippen molar-refractivity contribution in [1.82, 2.24) is 10.2 Å². The van der Waals surface area contributed by atoms with Gasteiger partial charge in [-0.25, -0.2) is 4.39 Å². The van der Waals surface area contributed by atoms with E-state index in [-0.39, 0.29) is 5.82 Å². The minimum Gasteiger partial charge on any atom is -0.361 e. The summed E-state index contributed by atoms with van der Waals surface area (Å²) in [6, 6.07) is 19.4. The smallest absolute Gasteiger partial charge is 0.260 e. The van der Waals surface area contributed by atoms with Gasteiger partial charge in [0.15, 0.2) is 0 Å². The molecule has 0 aromatic heterocycles. The number of carbonyl (C=O) groups excluding carboxylic acids is 2. The first-order valence-electron chi connectivity index (χ1n) is 11.9. The fourth-order valence-corrected chi connectivity index (χ4v) is 4.52. The minimum absolute atomic E-state index is 0.347. The number of piperidine rings is 1. The van der Waals surface area contributed by atoms with E-state index in [1.807, 2.05) is 12.1 Å². The molecule has 3 aromatic carbocycles. The van der Waals surface area contributed by atoms with Gasteiger partial charge < -0.3 is 10.6 Å². The predicted octanol–water partition coefficient (Wildman–Crippen LogP) is 5.28. The first kappa shape index (κ1) is 22.8. The van der Waals surface area contributed by atoms with E-state index >= 15 is 0 Å². The normalized spacial score (nSPS) is 17.1. The first-order chi connectivity index (χ1) is 17.0. The Bertz CT molecular complexity index is 1280. The van der Waals surface area contributed by atoms with Crippen LogP contribution in [0.25, 0.3) is 5.57 Å². The van der Waals surface area contributed by atoms with Gasteiger partial charge in [0.2, 0.25) is 0 Å². The van der Waals surface area contributed by atoms with Crippen LogP contribution in [-0.4, -0.2) is 29.8 Å². The van der Waals surface area contributed by atoms with Crippen LogP contribution in [0.4, 0.5) is 21.5 Å². The number of nitrogens with one attached hydrogen (secondary N) is 3. The highest BCUT2D eigenvalue weighted by Crippen LogP contribution is 2.29. The molecule has 2 aliphatic rings. The highest BCUT2D eigenvalue weighted by atomic mass is 19.1. The second kappa shape index (κ2) is 10.1. The summed E-state index contributed by atoms with van der Waals surface area (Å²) in [4.78, 5) is 27.5. The van der Waals surface area contributed by atoms with Crippen LogP contribution in [0.15, 0.2) is 72.9 Å². The summed E-state index contributed by atoms with van der Waals surface area (Å²) in [6.45, 7) is 3.24. The number of hydrogen-bond donors (Lipinski definition) is 3. The average Bonchev–Trinajstić information content (AvgIpc) is 2.85. The second-order valence-electron chi connectivity index (χ2n) is 8.92. The van der Waals surface area contributed by atoms with E-state index in [1.165, 1.54) is 37.0 Å². The number of hydrogen-bond acceptors (Lipinski definition) is 5. The van der Waals surface area contributed by atoms with Crippen molar-refractivity contribution in [3.05, 3.63) is 95.4 Å². The summed E-state index contributed by atoms with van der Waals surface area (Å²) in [5, 5.41) is 8.71. The highest BCUT2D eigenvalue weighted by molar-refractivity contribution is 6.31. The van der Waals surface area contributed by atoms with Crippen LogP contribution in [0, 0.1) is 5.82 Å². The maximum absolute atomic E-state index is 13.6. The Labute approximate surface area is 203 Å². The molecule has 2 aliphatic heterocycles. The Morgan fingerprint density at radius 2 is 1.57 bits per heavy atom. The minimum atomic E-state index is -0.473. The molecule has 0 unspecified atom stereocenters. The number of imide groups is 1. The highest BCUT2D eigenvalue weighted by Gasteiger charge is 2.27. The third kappa shape index (κ3) is 5.41. The molecule has 0 saturated carbocycles. The van der Waals surface area contributed by atoms with Gasteiger partial charge in [-0.1, -0.05) is 24.6 Å². The number of carbonyl (C=O) groups is 2. The molecule has 35 heavy (non-hydrogen) atoms. The van der Waals surface area contributed by atoms with Gasteiger partial charge in [-0.15, -0.1) is 0 Å². The lowest BCUT2D eigenvalue weighted by Crippen LogP contribution is -2.36. The Hall–Kier alpha value is -3.97. The van der Waals surface area contributed by atoms with Crippen LogP contribution < -0.4 is 16.0 Å². The largest absolute Gasteiger partial charge is 0.361 e. The molecule has 0 spiro atoms. The lowest BCUT2D eigenvalue weighted by Gasteiger charge is -2.26. The van der Waals surface area contributed by atoms with E-state index in [4.69, 9.17) is 0 Å². The van der Waals surface area contributed by atoms with Gasteiger partial charge in [-0.05, 0) is 80.0 Å². The molecule has 0 aliphatic carbocycles. The van der Waals surface area contributed by atoms with Crippen molar-refractivity contribution >= 4 is 34.4 Å². The Morgan fingerprint density at radius 1 is 0.829 bits per heavy atom. The number of likely N-dealkylation sites (tertiary alicyclic amines) is 1. The lowest BCUT2D eigenvalue weighted by atomic mass is 9.94. The maximum atomic E-state index is 13.6. The Kier molecular flexibility index (Phi) is 6.59. The van der Waals surface area contributed by atoms with Gasteiger partial charge in [-0.2, -0.15) is 0 Å². The van der Waals surface area contributed by atoms with Crippen LogP contribution in [0.5, 0.6) is 0 Å². The van der Waals surface area contributed by atoms with E-state index in [2.05, 4.69) is 33.0 Å². The first-order valence-corrected chi connectivity index (χ1v) is 11.9. The molecule has 3 N–H and O–H groups in total. The molecule has 0 radical (unpaired) electrons. The number of fused-ring (bicyclic) bond motifs is 1. The second-order valence-corrected chi connectivity index (χ2v) is 8.92. The summed E-state index contributed by atoms with van der Waals surface area (Å²) in [5.74, 6) is -1.27. The topological polar surface area (TPSA) is 73.5 Å². The molecular formula is C28H27FN4O2. The molecule has 2 heterocycles. The van der Waals surface area contributed by atoms with E-state index in [1.54, 1.807) is 36.5 Å². The summed E-state index contributed by atoms with van der Waals surface area (Å²) >= 11 is 0. The van der Waals surface area contributed by atoms with Gasteiger partial charge >= 0.3 is 0 Å². The zero-order chi connectivity index (χ0) is 24.2. The molecule has 3 aromatic rings. The third-order valence-corrected chi connectivity index (χ3v) is 6.33. The monoisotopic (exact) mass is 470 g/mol. The number of amides is 2. The van der Waals surface area contributed by atoms with Crippen molar-refractivity contribution in [2.24, 2.45) is 0 Å². The number of nitrogens with zero attached hydrogens (tertiary/aromatic N) is 1. The van der Waals surface area contributed by atoms with Crippen LogP contribution in [0.3, 0.4) is 0 Å². The summed E-state index contributed by atoms with van der Waals surface area (Å²) in [7, 11) is 0. The van der Waals surface area contributed by atoms with E-state index in [0.29, 0.717) is 28.1 Å². The number of halogens is 1. The molecule has 5 rings (SSSR count). The van der Waals surface area contributed by atoms with Gasteiger partial charge in [0.25, 0.3) is 11.8 Å². The average molecular weight is 471 g/mol. The predicted molar refractivity (Wildman–Crippen MR) is 136 cm³/mol. The lowest BCUT2D eigenvalue weighted by molar-refractivity contribution is -0.114. The van der Waals surface area contributed by atoms with Crippen molar-refractivity contribution in [2.75, 3.05) is 23.7 Å². The van der Waals surface area contributed by atoms with Crippen molar-refractivity contribution < 1.29 is 14.0 Å². The molecule has 2 amide bonds. The van der Waals surface area contributed by atoms with Crippen molar-refractivity contribution in [2.45, 2.75) is 25.8 Å². The third-order valence-electron chi connectivity index (χ3n) is 6.33. The summed E-state index contributed by atoms with van der Waals surface area (Å²) < 4.78 is 13.6. The molecule has 178 valence electrons. The SMILES string of the molecule is O=C1NC(=O)c2ccc(Nc3cccc(F)c3)cc2/C1=C/Nc1ccc(CN2CCCCC2)cc1. The van der Waals surface area contributed by atoms with Crippen LogP contribution in [0.1, 0.15) is 40.7 Å². The molecular weight excluding hydrogens is 443 g/mol. The number of anilines is 3. The van der Waals surface area contributed by atoms with Crippen molar-refractivity contribution in [3.63, 3.8) is 0 Å². The van der Waals surface area contributed by atoms with Crippen LogP contribution >= 0.6 is 0 Å². The zero-order valence-electron chi connectivity index (χ0n) is 19.3. The van der Waals surface area contributed by atoms with Crippen LogP contribution in [0.2, 0.25) is 0 Å². The number of benzene rings is 3. The van der Waals surface area contributed by atoms with Gasteiger partial charge in [-0.3, -0.25) is 19.8 Å². The number of rotatable bonds is 6. The van der Waals surface area contributed by atoms with Crippen molar-refractivity contribution in [1.29, 1.82) is 0 Å².